The van der Waals surface area contributed by atoms with Gasteiger partial charge >= 0.3 is 0 Å². The smallest absolute Gasteiger partial charge is 0.0227 e. The fourth-order valence-corrected chi connectivity index (χ4v) is 1.06. The van der Waals surface area contributed by atoms with Crippen LogP contribution in [0.4, 0.5) is 0 Å². The number of hydrogen-bond donors (Lipinski definition) is 0. The van der Waals surface area contributed by atoms with Gasteiger partial charge in [0, 0.05) is 6.54 Å². The van der Waals surface area contributed by atoms with Crippen molar-refractivity contribution >= 4 is 0 Å². The van der Waals surface area contributed by atoms with Gasteiger partial charge < -0.3 is 4.90 Å². The van der Waals surface area contributed by atoms with E-state index in [1.807, 2.05) is 13.8 Å². The van der Waals surface area contributed by atoms with Crippen molar-refractivity contribution in [2.45, 2.75) is 27.3 Å². The number of rotatable bonds is 2. The first-order chi connectivity index (χ1) is 7.18. The highest BCUT2D eigenvalue weighted by Crippen LogP contribution is 2.04. The van der Waals surface area contributed by atoms with Gasteiger partial charge in [-0.25, -0.2) is 0 Å². The van der Waals surface area contributed by atoms with Crippen LogP contribution in [-0.4, -0.2) is 19.0 Å². The quantitative estimate of drug-likeness (QED) is 0.665. The molecule has 0 atom stereocenters. The molecule has 0 aromatic heterocycles. The third-order valence-electron chi connectivity index (χ3n) is 1.62. The summed E-state index contributed by atoms with van der Waals surface area (Å²) in [6.45, 7) is 13.1. The van der Waals surface area contributed by atoms with Gasteiger partial charge in [0.1, 0.15) is 0 Å². The molecule has 0 aliphatic carbocycles. The molecule has 0 aliphatic heterocycles. The van der Waals surface area contributed by atoms with Crippen molar-refractivity contribution in [2.75, 3.05) is 14.1 Å². The summed E-state index contributed by atoms with van der Waals surface area (Å²) in [4.78, 5) is 2.17. The zero-order chi connectivity index (χ0) is 12.3. The van der Waals surface area contributed by atoms with Crippen molar-refractivity contribution in [3.05, 3.63) is 48.6 Å². The lowest BCUT2D eigenvalue weighted by molar-refractivity contribution is 0.402. The predicted molar refractivity (Wildman–Crippen MR) is 71.2 cm³/mol. The zero-order valence-electron chi connectivity index (χ0n) is 10.9. The molecule has 0 aliphatic rings. The van der Waals surface area contributed by atoms with Crippen molar-refractivity contribution in [3.8, 4) is 0 Å². The molecule has 1 aromatic carbocycles. The summed E-state index contributed by atoms with van der Waals surface area (Å²) in [7, 11) is 4.17. The minimum absolute atomic E-state index is 1.03. The average Bonchev–Trinajstić information content (AvgIpc) is 2.27. The van der Waals surface area contributed by atoms with Crippen LogP contribution in [0.25, 0.3) is 0 Å². The number of nitrogens with zero attached hydrogens (tertiary/aromatic N) is 1. The summed E-state index contributed by atoms with van der Waals surface area (Å²) >= 11 is 0. The first kappa shape index (κ1) is 16.4. The van der Waals surface area contributed by atoms with Crippen molar-refractivity contribution in [1.29, 1.82) is 0 Å². The largest absolute Gasteiger partial charge is 0.305 e. The number of aryl methyl sites for hydroxylation is 1. The third kappa shape index (κ3) is 9.23. The summed E-state index contributed by atoms with van der Waals surface area (Å²) in [6.07, 6.45) is 0. The molecular weight excluding hydrogens is 182 g/mol. The summed E-state index contributed by atoms with van der Waals surface area (Å²) in [5.74, 6) is 0. The van der Waals surface area contributed by atoms with E-state index < -0.39 is 0 Å². The van der Waals surface area contributed by atoms with Gasteiger partial charge in [0.25, 0.3) is 0 Å². The zero-order valence-corrected chi connectivity index (χ0v) is 10.9. The lowest BCUT2D eigenvalue weighted by atomic mass is 10.1. The minimum atomic E-state index is 1.03. The van der Waals surface area contributed by atoms with E-state index in [4.69, 9.17) is 0 Å². The van der Waals surface area contributed by atoms with Gasteiger partial charge in [0.15, 0.2) is 0 Å². The Morgan fingerprint density at radius 3 is 1.73 bits per heavy atom. The molecule has 0 fully saturated rings. The number of hydrogen-bond acceptors (Lipinski definition) is 1. The summed E-state index contributed by atoms with van der Waals surface area (Å²) in [5.41, 5.74) is 2.70. The maximum atomic E-state index is 3.00. The maximum absolute atomic E-state index is 3.00. The molecule has 0 spiro atoms. The Bertz CT molecular complexity index is 224. The Morgan fingerprint density at radius 1 is 1.00 bits per heavy atom. The monoisotopic (exact) mass is 207 g/mol. The highest BCUT2D eigenvalue weighted by molar-refractivity contribution is 5.20. The van der Waals surface area contributed by atoms with Gasteiger partial charge in [-0.1, -0.05) is 43.7 Å². The topological polar surface area (TPSA) is 3.24 Å². The molecule has 1 heteroatoms. The molecule has 0 amide bonds. The van der Waals surface area contributed by atoms with Crippen LogP contribution in [0.5, 0.6) is 0 Å². The highest BCUT2D eigenvalue weighted by atomic mass is 15.0. The SMILES string of the molecule is C=C.CC.Cc1ccc(CN(C)C)cc1. The Balaban J connectivity index is 0. The second-order valence-corrected chi connectivity index (χ2v) is 3.22. The minimum Gasteiger partial charge on any atom is -0.305 e. The van der Waals surface area contributed by atoms with Gasteiger partial charge in [-0.05, 0) is 26.6 Å². The molecule has 0 saturated heterocycles. The van der Waals surface area contributed by atoms with Crippen LogP contribution >= 0.6 is 0 Å². The van der Waals surface area contributed by atoms with E-state index in [1.54, 1.807) is 0 Å². The molecule has 0 radical (unpaired) electrons. The third-order valence-corrected chi connectivity index (χ3v) is 1.62. The molecule has 0 heterocycles. The molecule has 1 aromatic rings. The normalized spacial score (nSPS) is 8.40. The van der Waals surface area contributed by atoms with Crippen molar-refractivity contribution in [3.63, 3.8) is 0 Å². The summed E-state index contributed by atoms with van der Waals surface area (Å²) in [5, 5.41) is 0. The Labute approximate surface area is 95.4 Å². The Morgan fingerprint density at radius 2 is 1.40 bits per heavy atom. The van der Waals surface area contributed by atoms with Gasteiger partial charge in [0.05, 0.1) is 0 Å². The fraction of sp³-hybridized carbons (Fsp3) is 0.429. The molecule has 0 bridgehead atoms. The Hall–Kier alpha value is -1.08. The van der Waals surface area contributed by atoms with Crippen LogP contribution in [0.3, 0.4) is 0 Å². The lowest BCUT2D eigenvalue weighted by Gasteiger charge is -2.08. The van der Waals surface area contributed by atoms with E-state index in [2.05, 4.69) is 63.3 Å². The van der Waals surface area contributed by atoms with Crippen LogP contribution in [0.15, 0.2) is 37.4 Å². The van der Waals surface area contributed by atoms with Crippen molar-refractivity contribution < 1.29 is 0 Å². The van der Waals surface area contributed by atoms with Gasteiger partial charge in [0.2, 0.25) is 0 Å². The van der Waals surface area contributed by atoms with Crippen LogP contribution in [0.1, 0.15) is 25.0 Å². The fourth-order valence-electron chi connectivity index (χ4n) is 1.06. The van der Waals surface area contributed by atoms with Crippen molar-refractivity contribution in [2.24, 2.45) is 0 Å². The average molecular weight is 207 g/mol. The molecule has 1 rings (SSSR count). The molecular formula is C14H25N. The van der Waals surface area contributed by atoms with E-state index in [-0.39, 0.29) is 0 Å². The molecule has 86 valence electrons. The standard InChI is InChI=1S/C10H15N.C2H6.C2H4/c1-9-4-6-10(7-5-9)8-11(2)3;2*1-2/h4-7H,8H2,1-3H3;1-2H3;1-2H2. The van der Waals surface area contributed by atoms with E-state index >= 15 is 0 Å². The summed E-state index contributed by atoms with van der Waals surface area (Å²) in [6, 6.07) is 8.66. The van der Waals surface area contributed by atoms with E-state index in [0.717, 1.165) is 6.54 Å². The maximum Gasteiger partial charge on any atom is 0.0227 e. The van der Waals surface area contributed by atoms with Gasteiger partial charge in [-0.15, -0.1) is 13.2 Å². The van der Waals surface area contributed by atoms with Crippen molar-refractivity contribution in [1.82, 2.24) is 4.90 Å². The second-order valence-electron chi connectivity index (χ2n) is 3.22. The van der Waals surface area contributed by atoms with Gasteiger partial charge in [-0.3, -0.25) is 0 Å². The van der Waals surface area contributed by atoms with Crippen LogP contribution in [-0.2, 0) is 6.54 Å². The van der Waals surface area contributed by atoms with E-state index in [0.29, 0.717) is 0 Å². The second kappa shape index (κ2) is 11.0. The van der Waals surface area contributed by atoms with Gasteiger partial charge in [-0.2, -0.15) is 0 Å². The first-order valence-electron chi connectivity index (χ1n) is 5.39. The first-order valence-corrected chi connectivity index (χ1v) is 5.39. The lowest BCUT2D eigenvalue weighted by Crippen LogP contribution is -2.10. The van der Waals surface area contributed by atoms with Crippen LogP contribution in [0, 0.1) is 6.92 Å². The van der Waals surface area contributed by atoms with Crippen LogP contribution < -0.4 is 0 Å². The predicted octanol–water partition coefficient (Wildman–Crippen LogP) is 3.89. The molecule has 15 heavy (non-hydrogen) atoms. The van der Waals surface area contributed by atoms with E-state index in [1.165, 1.54) is 11.1 Å². The molecule has 0 saturated carbocycles. The molecule has 0 N–H and O–H groups in total. The summed E-state index contributed by atoms with van der Waals surface area (Å²) < 4.78 is 0. The van der Waals surface area contributed by atoms with Crippen LogP contribution in [0.2, 0.25) is 0 Å². The number of benzene rings is 1. The Kier molecular flexibility index (Phi) is 12.0. The molecule has 1 nitrogen and oxygen atoms in total. The highest BCUT2D eigenvalue weighted by Gasteiger charge is 1.92. The van der Waals surface area contributed by atoms with E-state index in [9.17, 15) is 0 Å². The molecule has 0 unspecified atom stereocenters.